The van der Waals surface area contributed by atoms with Gasteiger partial charge >= 0.3 is 0 Å². The number of fused-ring (bicyclic) bond motifs is 1. The van der Waals surface area contributed by atoms with Crippen LogP contribution in [-0.2, 0) is 6.54 Å². The Labute approximate surface area is 162 Å². The van der Waals surface area contributed by atoms with Gasteiger partial charge in [-0.2, -0.15) is 0 Å². The Morgan fingerprint density at radius 2 is 2.07 bits per heavy atom. The fourth-order valence-corrected chi connectivity index (χ4v) is 3.82. The number of ether oxygens (including phenoxy) is 1. The van der Waals surface area contributed by atoms with Crippen molar-refractivity contribution in [2.24, 2.45) is 0 Å². The molecule has 6 heteroatoms. The van der Waals surface area contributed by atoms with Gasteiger partial charge < -0.3 is 15.0 Å². The average molecular weight is 384 g/mol. The molecule has 2 heterocycles. The second-order valence-corrected chi connectivity index (χ2v) is 7.42. The third-order valence-corrected chi connectivity index (χ3v) is 5.41. The highest BCUT2D eigenvalue weighted by Crippen LogP contribution is 2.32. The van der Waals surface area contributed by atoms with E-state index in [0.29, 0.717) is 22.2 Å². The van der Waals surface area contributed by atoms with Gasteiger partial charge in [0.05, 0.1) is 11.1 Å². The van der Waals surface area contributed by atoms with E-state index in [-0.39, 0.29) is 11.7 Å². The van der Waals surface area contributed by atoms with E-state index in [2.05, 4.69) is 21.4 Å². The fraction of sp³-hybridized carbons (Fsp3) is 0.333. The molecule has 5 nitrogen and oxygen atoms in total. The van der Waals surface area contributed by atoms with Crippen molar-refractivity contribution in [1.29, 1.82) is 0 Å². The molecule has 0 saturated heterocycles. The maximum Gasteiger partial charge on any atom is 0.255 e. The number of H-pyrrole nitrogens is 1. The molecular weight excluding hydrogens is 362 g/mol. The molecule has 1 fully saturated rings. The summed E-state index contributed by atoms with van der Waals surface area (Å²) in [6, 6.07) is 9.95. The minimum atomic E-state index is -0.138. The van der Waals surface area contributed by atoms with Gasteiger partial charge in [0.25, 0.3) is 5.56 Å². The number of halogens is 1. The Bertz CT molecular complexity index is 966. The molecule has 2 N–H and O–H groups in total. The Morgan fingerprint density at radius 3 is 2.85 bits per heavy atom. The lowest BCUT2D eigenvalue weighted by Crippen LogP contribution is -2.36. The minimum Gasteiger partial charge on any atom is -0.489 e. The zero-order chi connectivity index (χ0) is 18.6. The van der Waals surface area contributed by atoms with E-state index in [1.807, 2.05) is 24.4 Å². The highest BCUT2D eigenvalue weighted by atomic mass is 35.5. The van der Waals surface area contributed by atoms with Crippen LogP contribution in [-0.4, -0.2) is 22.1 Å². The molecule has 4 rings (SSSR count). The number of benzene rings is 1. The van der Waals surface area contributed by atoms with Gasteiger partial charge in [0.1, 0.15) is 5.75 Å². The molecule has 2 aromatic heterocycles. The minimum absolute atomic E-state index is 0.138. The Balaban J connectivity index is 1.34. The van der Waals surface area contributed by atoms with E-state index in [0.717, 1.165) is 37.6 Å². The van der Waals surface area contributed by atoms with Gasteiger partial charge in [0.15, 0.2) is 0 Å². The SMILES string of the molecule is O=c1[nH]ccc2cc(O[C@H]3CC[C@@H](NCc4cccnc4)CC3)c(Cl)cc12. The van der Waals surface area contributed by atoms with Gasteiger partial charge in [-0.1, -0.05) is 17.7 Å². The van der Waals surface area contributed by atoms with Gasteiger partial charge in [-0.05, 0) is 60.9 Å². The van der Waals surface area contributed by atoms with Crippen LogP contribution in [0.3, 0.4) is 0 Å². The first-order chi connectivity index (χ1) is 13.2. The molecule has 0 atom stereocenters. The fourth-order valence-electron chi connectivity index (χ4n) is 3.61. The van der Waals surface area contributed by atoms with Gasteiger partial charge in [-0.25, -0.2) is 0 Å². The van der Waals surface area contributed by atoms with Crippen molar-refractivity contribution in [2.45, 2.75) is 44.4 Å². The number of pyridine rings is 2. The smallest absolute Gasteiger partial charge is 0.255 e. The highest BCUT2D eigenvalue weighted by molar-refractivity contribution is 6.32. The van der Waals surface area contributed by atoms with Crippen molar-refractivity contribution < 1.29 is 4.74 Å². The van der Waals surface area contributed by atoms with Crippen molar-refractivity contribution in [3.8, 4) is 5.75 Å². The lowest BCUT2D eigenvalue weighted by atomic mass is 9.92. The molecule has 0 radical (unpaired) electrons. The van der Waals surface area contributed by atoms with E-state index < -0.39 is 0 Å². The number of rotatable bonds is 5. The lowest BCUT2D eigenvalue weighted by molar-refractivity contribution is 0.139. The number of hydrogen-bond acceptors (Lipinski definition) is 4. The van der Waals surface area contributed by atoms with Crippen molar-refractivity contribution >= 4 is 22.4 Å². The summed E-state index contributed by atoms with van der Waals surface area (Å²) in [4.78, 5) is 18.7. The topological polar surface area (TPSA) is 67.0 Å². The molecule has 1 aromatic carbocycles. The molecule has 0 unspecified atom stereocenters. The van der Waals surface area contributed by atoms with Crippen LogP contribution < -0.4 is 15.6 Å². The molecule has 0 amide bonds. The molecule has 1 aliphatic carbocycles. The summed E-state index contributed by atoms with van der Waals surface area (Å²) in [5.41, 5.74) is 1.06. The van der Waals surface area contributed by atoms with Gasteiger partial charge in [-0.3, -0.25) is 9.78 Å². The second-order valence-electron chi connectivity index (χ2n) is 7.01. The average Bonchev–Trinajstić information content (AvgIpc) is 2.70. The Morgan fingerprint density at radius 1 is 1.22 bits per heavy atom. The van der Waals surface area contributed by atoms with Crippen molar-refractivity contribution in [2.75, 3.05) is 0 Å². The van der Waals surface area contributed by atoms with Gasteiger partial charge in [-0.15, -0.1) is 0 Å². The molecule has 0 aliphatic heterocycles. The highest BCUT2D eigenvalue weighted by Gasteiger charge is 2.23. The van der Waals surface area contributed by atoms with Crippen LogP contribution in [0.25, 0.3) is 10.8 Å². The van der Waals surface area contributed by atoms with E-state index in [1.54, 1.807) is 18.5 Å². The van der Waals surface area contributed by atoms with E-state index in [9.17, 15) is 4.79 Å². The predicted octanol–water partition coefficient (Wildman–Crippen LogP) is 4.06. The molecule has 140 valence electrons. The number of aromatic amines is 1. The molecule has 1 aliphatic rings. The largest absolute Gasteiger partial charge is 0.489 e. The molecule has 0 spiro atoms. The van der Waals surface area contributed by atoms with Crippen LogP contribution >= 0.6 is 11.6 Å². The van der Waals surface area contributed by atoms with Crippen LogP contribution in [0.2, 0.25) is 5.02 Å². The third kappa shape index (κ3) is 4.31. The molecular formula is C21H22ClN3O2. The molecule has 3 aromatic rings. The monoisotopic (exact) mass is 383 g/mol. The number of hydrogen-bond donors (Lipinski definition) is 2. The normalized spacial score (nSPS) is 19.9. The first kappa shape index (κ1) is 18.0. The predicted molar refractivity (Wildman–Crippen MR) is 107 cm³/mol. The summed E-state index contributed by atoms with van der Waals surface area (Å²) < 4.78 is 6.16. The van der Waals surface area contributed by atoms with Crippen molar-refractivity contribution in [3.05, 3.63) is 69.9 Å². The summed E-state index contributed by atoms with van der Waals surface area (Å²) in [5.74, 6) is 0.654. The van der Waals surface area contributed by atoms with Gasteiger partial charge in [0.2, 0.25) is 0 Å². The lowest BCUT2D eigenvalue weighted by Gasteiger charge is -2.30. The van der Waals surface area contributed by atoms with Crippen LogP contribution in [0.5, 0.6) is 5.75 Å². The first-order valence-corrected chi connectivity index (χ1v) is 9.67. The number of aromatic nitrogens is 2. The Hall–Kier alpha value is -2.37. The van der Waals surface area contributed by atoms with Gasteiger partial charge in [0, 0.05) is 36.6 Å². The molecule has 0 bridgehead atoms. The molecule has 1 saturated carbocycles. The summed E-state index contributed by atoms with van der Waals surface area (Å²) in [6.45, 7) is 0.842. The van der Waals surface area contributed by atoms with E-state index in [1.165, 1.54) is 5.56 Å². The standard InChI is InChI=1S/C21H22ClN3O2/c22-19-11-18-15(7-9-24-21(18)26)10-20(19)27-17-5-3-16(4-6-17)25-13-14-2-1-8-23-12-14/h1-2,7-12,16-17,25H,3-6,13H2,(H,24,26)/t16-,17+. The first-order valence-electron chi connectivity index (χ1n) is 9.29. The van der Waals surface area contributed by atoms with Crippen LogP contribution in [0.4, 0.5) is 0 Å². The second kappa shape index (κ2) is 8.11. The zero-order valence-corrected chi connectivity index (χ0v) is 15.7. The van der Waals surface area contributed by atoms with Crippen molar-refractivity contribution in [3.63, 3.8) is 0 Å². The van der Waals surface area contributed by atoms with Crippen LogP contribution in [0, 0.1) is 0 Å². The summed E-state index contributed by atoms with van der Waals surface area (Å²) >= 11 is 6.34. The number of nitrogens with one attached hydrogen (secondary N) is 2. The summed E-state index contributed by atoms with van der Waals surface area (Å²) in [5, 5.41) is 5.51. The Kier molecular flexibility index (Phi) is 5.41. The quantitative estimate of drug-likeness (QED) is 0.697. The van der Waals surface area contributed by atoms with E-state index in [4.69, 9.17) is 16.3 Å². The number of nitrogens with zero attached hydrogens (tertiary/aromatic N) is 1. The van der Waals surface area contributed by atoms with Crippen LogP contribution in [0.15, 0.2) is 53.7 Å². The summed E-state index contributed by atoms with van der Waals surface area (Å²) in [6.07, 6.45) is 9.57. The third-order valence-electron chi connectivity index (χ3n) is 5.11. The zero-order valence-electron chi connectivity index (χ0n) is 15.0. The van der Waals surface area contributed by atoms with Crippen molar-refractivity contribution in [1.82, 2.24) is 15.3 Å². The van der Waals surface area contributed by atoms with E-state index >= 15 is 0 Å². The molecule has 27 heavy (non-hydrogen) atoms. The summed E-state index contributed by atoms with van der Waals surface area (Å²) in [7, 11) is 0. The van der Waals surface area contributed by atoms with Crippen LogP contribution in [0.1, 0.15) is 31.2 Å². The maximum atomic E-state index is 11.9. The maximum absolute atomic E-state index is 11.9.